The van der Waals surface area contributed by atoms with Crippen LogP contribution in [0.4, 0.5) is 4.39 Å². The Morgan fingerprint density at radius 2 is 2.07 bits per heavy atom. The van der Waals surface area contributed by atoms with E-state index in [0.29, 0.717) is 29.8 Å². The molecule has 0 saturated carbocycles. The number of aryl methyl sites for hydroxylation is 1. The fourth-order valence-electron chi connectivity index (χ4n) is 4.08. The summed E-state index contributed by atoms with van der Waals surface area (Å²) in [6.45, 7) is 5.13. The van der Waals surface area contributed by atoms with Crippen molar-refractivity contribution in [3.05, 3.63) is 40.4 Å². The first-order valence-corrected chi connectivity index (χ1v) is 9.29. The molecule has 3 heterocycles. The van der Waals surface area contributed by atoms with Gasteiger partial charge in [0.2, 0.25) is 0 Å². The van der Waals surface area contributed by atoms with Crippen LogP contribution in [0.15, 0.2) is 22.7 Å². The predicted octanol–water partition coefficient (Wildman–Crippen LogP) is 4.08. The molecule has 2 fully saturated rings. The van der Waals surface area contributed by atoms with Crippen molar-refractivity contribution in [1.29, 1.82) is 0 Å². The number of benzene rings is 1. The highest BCUT2D eigenvalue weighted by atomic mass is 35.5. The van der Waals surface area contributed by atoms with Gasteiger partial charge in [-0.2, -0.15) is 0 Å². The molecule has 1 amide bonds. The van der Waals surface area contributed by atoms with Gasteiger partial charge in [-0.1, -0.05) is 22.8 Å². The van der Waals surface area contributed by atoms with Gasteiger partial charge in [0.05, 0.1) is 10.6 Å². The van der Waals surface area contributed by atoms with E-state index < -0.39 is 5.82 Å². The monoisotopic (exact) mass is 413 g/mol. The van der Waals surface area contributed by atoms with Gasteiger partial charge in [0.15, 0.2) is 0 Å². The average molecular weight is 414 g/mol. The molecule has 1 aromatic carbocycles. The van der Waals surface area contributed by atoms with Crippen molar-refractivity contribution >= 4 is 29.9 Å². The maximum atomic E-state index is 14.3. The van der Waals surface area contributed by atoms with Gasteiger partial charge in [0, 0.05) is 19.6 Å². The lowest BCUT2D eigenvalue weighted by atomic mass is 9.77. The molecule has 5 nitrogen and oxygen atoms in total. The van der Waals surface area contributed by atoms with Crippen LogP contribution in [0.5, 0.6) is 0 Å². The van der Waals surface area contributed by atoms with Crippen molar-refractivity contribution in [3.63, 3.8) is 0 Å². The number of carbonyl (C=O) groups excluding carboxylic acids is 1. The van der Waals surface area contributed by atoms with Crippen LogP contribution in [0.1, 0.15) is 35.4 Å². The van der Waals surface area contributed by atoms with E-state index in [-0.39, 0.29) is 34.6 Å². The molecule has 0 bridgehead atoms. The minimum absolute atomic E-state index is 0. The average Bonchev–Trinajstić information content (AvgIpc) is 3.22. The first kappa shape index (κ1) is 20.1. The van der Waals surface area contributed by atoms with Crippen molar-refractivity contribution < 1.29 is 13.7 Å². The summed E-state index contributed by atoms with van der Waals surface area (Å²) in [7, 11) is 0. The summed E-state index contributed by atoms with van der Waals surface area (Å²) in [5.41, 5.74) is 0.914. The maximum Gasteiger partial charge on any atom is 0.259 e. The Balaban J connectivity index is 0.00000210. The Bertz CT molecular complexity index is 819. The molecule has 1 N–H and O–H groups in total. The SMILES string of the molecule is Cc1onc(-c2c(F)cccc2Cl)c1C(=O)N1CCC2(CCNC2)CC1.Cl. The van der Waals surface area contributed by atoms with Crippen LogP contribution in [-0.2, 0) is 0 Å². The number of carbonyl (C=O) groups is 1. The molecule has 1 spiro atoms. The largest absolute Gasteiger partial charge is 0.360 e. The highest BCUT2D eigenvalue weighted by Crippen LogP contribution is 2.39. The first-order chi connectivity index (χ1) is 12.5. The molecule has 0 radical (unpaired) electrons. The van der Waals surface area contributed by atoms with Gasteiger partial charge < -0.3 is 14.7 Å². The van der Waals surface area contributed by atoms with E-state index in [0.717, 1.165) is 32.4 Å². The Morgan fingerprint density at radius 1 is 1.33 bits per heavy atom. The number of likely N-dealkylation sites (tertiary alicyclic amines) is 1. The minimum atomic E-state index is -0.519. The van der Waals surface area contributed by atoms with E-state index in [1.54, 1.807) is 13.0 Å². The highest BCUT2D eigenvalue weighted by molar-refractivity contribution is 6.33. The molecule has 1 aromatic heterocycles. The molecule has 146 valence electrons. The van der Waals surface area contributed by atoms with Gasteiger partial charge >= 0.3 is 0 Å². The van der Waals surface area contributed by atoms with E-state index in [1.807, 2.05) is 4.90 Å². The molecule has 27 heavy (non-hydrogen) atoms. The normalized spacial score (nSPS) is 18.6. The van der Waals surface area contributed by atoms with Crippen LogP contribution in [0.25, 0.3) is 11.3 Å². The van der Waals surface area contributed by atoms with Crippen LogP contribution in [-0.4, -0.2) is 42.1 Å². The number of nitrogens with zero attached hydrogens (tertiary/aromatic N) is 2. The topological polar surface area (TPSA) is 58.4 Å². The van der Waals surface area contributed by atoms with Crippen LogP contribution in [0.3, 0.4) is 0 Å². The van der Waals surface area contributed by atoms with Crippen molar-refractivity contribution in [2.45, 2.75) is 26.2 Å². The summed E-state index contributed by atoms with van der Waals surface area (Å²) < 4.78 is 19.6. The second-order valence-corrected chi connectivity index (χ2v) is 7.69. The van der Waals surface area contributed by atoms with E-state index in [2.05, 4.69) is 10.5 Å². The van der Waals surface area contributed by atoms with Crippen molar-refractivity contribution in [2.75, 3.05) is 26.2 Å². The summed E-state index contributed by atoms with van der Waals surface area (Å²) in [5.74, 6) is -0.305. The molecule has 2 aliphatic rings. The lowest BCUT2D eigenvalue weighted by Gasteiger charge is -2.38. The first-order valence-electron chi connectivity index (χ1n) is 8.91. The van der Waals surface area contributed by atoms with Crippen LogP contribution < -0.4 is 5.32 Å². The molecule has 4 rings (SSSR count). The van der Waals surface area contributed by atoms with Crippen molar-refractivity contribution in [2.24, 2.45) is 5.41 Å². The molecule has 2 aliphatic heterocycles. The highest BCUT2D eigenvalue weighted by Gasteiger charge is 2.39. The number of rotatable bonds is 2. The van der Waals surface area contributed by atoms with Gasteiger partial charge in [-0.15, -0.1) is 12.4 Å². The Kier molecular flexibility index (Phi) is 5.79. The summed E-state index contributed by atoms with van der Waals surface area (Å²) in [6.07, 6.45) is 3.12. The fourth-order valence-corrected chi connectivity index (χ4v) is 4.34. The number of hydrogen-bond acceptors (Lipinski definition) is 4. The van der Waals surface area contributed by atoms with Crippen LogP contribution in [0, 0.1) is 18.2 Å². The second kappa shape index (κ2) is 7.78. The number of amides is 1. The Labute approximate surface area is 168 Å². The number of aromatic nitrogens is 1. The number of hydrogen-bond donors (Lipinski definition) is 1. The van der Waals surface area contributed by atoms with Gasteiger partial charge in [-0.25, -0.2) is 4.39 Å². The van der Waals surface area contributed by atoms with Crippen LogP contribution in [0.2, 0.25) is 5.02 Å². The van der Waals surface area contributed by atoms with E-state index in [4.69, 9.17) is 16.1 Å². The molecule has 0 unspecified atom stereocenters. The molecule has 0 aliphatic carbocycles. The van der Waals surface area contributed by atoms with E-state index in [9.17, 15) is 9.18 Å². The molecule has 8 heteroatoms. The van der Waals surface area contributed by atoms with Gasteiger partial charge in [0.25, 0.3) is 5.91 Å². The third-order valence-corrected chi connectivity index (χ3v) is 6.03. The molecular weight excluding hydrogens is 392 g/mol. The standard InChI is InChI=1S/C19H21ClFN3O2.ClH/c1-12-15(17(23-26-12)16-13(20)3-2-4-14(16)21)18(25)24-9-6-19(7-10-24)5-8-22-11-19;/h2-4,22H,5-11H2,1H3;1H. The number of halogens is 3. The molecule has 0 atom stereocenters. The van der Waals surface area contributed by atoms with Crippen molar-refractivity contribution in [3.8, 4) is 11.3 Å². The lowest BCUT2D eigenvalue weighted by Crippen LogP contribution is -2.44. The Hall–Kier alpha value is -1.63. The molecule has 2 saturated heterocycles. The summed E-state index contributed by atoms with van der Waals surface area (Å²) >= 11 is 6.16. The molecular formula is C19H22Cl2FN3O2. The zero-order valence-corrected chi connectivity index (χ0v) is 16.6. The quantitative estimate of drug-likeness (QED) is 0.805. The smallest absolute Gasteiger partial charge is 0.259 e. The van der Waals surface area contributed by atoms with E-state index >= 15 is 0 Å². The zero-order chi connectivity index (χ0) is 18.3. The van der Waals surface area contributed by atoms with Gasteiger partial charge in [-0.05, 0) is 50.3 Å². The van der Waals surface area contributed by atoms with Gasteiger partial charge in [0.1, 0.15) is 22.8 Å². The number of piperidine rings is 1. The number of nitrogens with one attached hydrogen (secondary N) is 1. The molecule has 2 aromatic rings. The Morgan fingerprint density at radius 3 is 2.70 bits per heavy atom. The minimum Gasteiger partial charge on any atom is -0.360 e. The third kappa shape index (κ3) is 3.58. The lowest BCUT2D eigenvalue weighted by molar-refractivity contribution is 0.0606. The van der Waals surface area contributed by atoms with E-state index in [1.165, 1.54) is 12.1 Å². The van der Waals surface area contributed by atoms with Crippen molar-refractivity contribution in [1.82, 2.24) is 15.4 Å². The van der Waals surface area contributed by atoms with Crippen LogP contribution >= 0.6 is 24.0 Å². The second-order valence-electron chi connectivity index (χ2n) is 7.28. The maximum absolute atomic E-state index is 14.3. The fraction of sp³-hybridized carbons (Fsp3) is 0.474. The predicted molar refractivity (Wildman–Crippen MR) is 104 cm³/mol. The summed E-state index contributed by atoms with van der Waals surface area (Å²) in [5, 5.41) is 7.57. The van der Waals surface area contributed by atoms with Gasteiger partial charge in [-0.3, -0.25) is 4.79 Å². The zero-order valence-electron chi connectivity index (χ0n) is 15.1. The summed E-state index contributed by atoms with van der Waals surface area (Å²) in [6, 6.07) is 4.41. The summed E-state index contributed by atoms with van der Waals surface area (Å²) in [4.78, 5) is 15.0. The third-order valence-electron chi connectivity index (χ3n) is 5.72.